The van der Waals surface area contributed by atoms with Crippen LogP contribution in [0.2, 0.25) is 0 Å². The van der Waals surface area contributed by atoms with Crippen LogP contribution in [0.3, 0.4) is 0 Å². The number of hydrogen-bond acceptors (Lipinski definition) is 5. The number of nitrogens with zero attached hydrogens (tertiary/aromatic N) is 2. The molecule has 1 heterocycles. The first-order valence-corrected chi connectivity index (χ1v) is 8.40. The van der Waals surface area contributed by atoms with Crippen molar-refractivity contribution in [3.8, 4) is 0 Å². The maximum absolute atomic E-state index is 12.7. The molecule has 0 aliphatic heterocycles. The summed E-state index contributed by atoms with van der Waals surface area (Å²) < 4.78 is 72.9. The van der Waals surface area contributed by atoms with Crippen molar-refractivity contribution in [2.75, 3.05) is 4.72 Å². The summed E-state index contributed by atoms with van der Waals surface area (Å²) in [6.45, 7) is 0. The fraction of sp³-hybridized carbons (Fsp3) is 0.0769. The topological polar surface area (TPSA) is 72.0 Å². The largest absolute Gasteiger partial charge is 0.416 e. The molecule has 0 aliphatic rings. The van der Waals surface area contributed by atoms with Crippen molar-refractivity contribution in [2.45, 2.75) is 11.1 Å². The average Bonchev–Trinajstić information content (AvgIpc) is 2.94. The summed E-state index contributed by atoms with van der Waals surface area (Å²) in [7, 11) is -4.09. The van der Waals surface area contributed by atoms with Crippen molar-refractivity contribution in [3.05, 3.63) is 48.0 Å². The van der Waals surface area contributed by atoms with Crippen LogP contribution >= 0.6 is 11.7 Å². The second-order valence-corrected chi connectivity index (χ2v) is 6.75. The molecule has 0 saturated heterocycles. The van der Waals surface area contributed by atoms with Crippen molar-refractivity contribution in [1.29, 1.82) is 0 Å². The van der Waals surface area contributed by atoms with Gasteiger partial charge < -0.3 is 0 Å². The third kappa shape index (κ3) is 3.13. The maximum Gasteiger partial charge on any atom is 0.416 e. The molecule has 1 aromatic heterocycles. The zero-order valence-corrected chi connectivity index (χ0v) is 12.8. The van der Waals surface area contributed by atoms with Crippen LogP contribution in [0.4, 0.5) is 18.9 Å². The Balaban J connectivity index is 2.01. The Morgan fingerprint density at radius 2 is 1.78 bits per heavy atom. The highest BCUT2D eigenvalue weighted by molar-refractivity contribution is 7.93. The number of fused-ring (bicyclic) bond motifs is 1. The van der Waals surface area contributed by atoms with Gasteiger partial charge in [-0.2, -0.15) is 21.9 Å². The Bertz CT molecular complexity index is 968. The summed E-state index contributed by atoms with van der Waals surface area (Å²) in [6.07, 6.45) is -4.56. The van der Waals surface area contributed by atoms with E-state index in [1.807, 2.05) is 0 Å². The SMILES string of the molecule is O=S(=O)(Nc1cccc(C(F)(F)F)c1)c1cccc2nsnc12. The fourth-order valence-corrected chi connectivity index (χ4v) is 3.78. The van der Waals surface area contributed by atoms with E-state index in [9.17, 15) is 21.6 Å². The highest BCUT2D eigenvalue weighted by Crippen LogP contribution is 2.31. The minimum atomic E-state index is -4.56. The predicted octanol–water partition coefficient (Wildman–Crippen LogP) is 3.51. The smallest absolute Gasteiger partial charge is 0.280 e. The highest BCUT2D eigenvalue weighted by Gasteiger charge is 2.31. The molecule has 0 saturated carbocycles. The van der Waals surface area contributed by atoms with Gasteiger partial charge in [-0.1, -0.05) is 12.1 Å². The normalized spacial score (nSPS) is 12.5. The summed E-state index contributed by atoms with van der Waals surface area (Å²) in [5, 5.41) is 0. The van der Waals surface area contributed by atoms with Crippen LogP contribution in [0.25, 0.3) is 11.0 Å². The summed E-state index contributed by atoms with van der Waals surface area (Å²) in [5.41, 5.74) is -0.537. The van der Waals surface area contributed by atoms with Gasteiger partial charge in [-0.3, -0.25) is 4.72 Å². The van der Waals surface area contributed by atoms with Gasteiger partial charge in [-0.25, -0.2) is 8.42 Å². The van der Waals surface area contributed by atoms with E-state index in [-0.39, 0.29) is 16.1 Å². The summed E-state index contributed by atoms with van der Waals surface area (Å²) in [6, 6.07) is 8.38. The number of halogens is 3. The van der Waals surface area contributed by atoms with E-state index in [0.29, 0.717) is 5.52 Å². The van der Waals surface area contributed by atoms with Crippen molar-refractivity contribution < 1.29 is 21.6 Å². The van der Waals surface area contributed by atoms with E-state index in [1.165, 1.54) is 18.2 Å². The molecule has 0 spiro atoms. The van der Waals surface area contributed by atoms with Gasteiger partial charge in [0.15, 0.2) is 0 Å². The molecule has 0 aliphatic carbocycles. The Labute approximate surface area is 133 Å². The Morgan fingerprint density at radius 3 is 2.52 bits per heavy atom. The van der Waals surface area contributed by atoms with Crippen LogP contribution in [0.15, 0.2) is 47.4 Å². The molecule has 3 rings (SSSR count). The Kier molecular flexibility index (Phi) is 3.72. The molecule has 0 atom stereocenters. The van der Waals surface area contributed by atoms with E-state index in [4.69, 9.17) is 0 Å². The molecule has 0 fully saturated rings. The fourth-order valence-electron chi connectivity index (χ4n) is 1.97. The van der Waals surface area contributed by atoms with Gasteiger partial charge in [-0.05, 0) is 30.3 Å². The number of rotatable bonds is 3. The van der Waals surface area contributed by atoms with E-state index >= 15 is 0 Å². The number of aromatic nitrogens is 2. The first-order chi connectivity index (χ1) is 10.8. The van der Waals surface area contributed by atoms with E-state index < -0.39 is 21.8 Å². The molecule has 0 radical (unpaired) electrons. The third-order valence-corrected chi connectivity index (χ3v) is 4.94. The van der Waals surface area contributed by atoms with Crippen LogP contribution in [0.5, 0.6) is 0 Å². The van der Waals surface area contributed by atoms with Crippen LogP contribution in [-0.2, 0) is 16.2 Å². The van der Waals surface area contributed by atoms with Gasteiger partial charge in [0, 0.05) is 5.69 Å². The summed E-state index contributed by atoms with van der Waals surface area (Å²) in [5.74, 6) is 0. The molecule has 0 bridgehead atoms. The number of hydrogen-bond donors (Lipinski definition) is 1. The number of nitrogens with one attached hydrogen (secondary N) is 1. The Hall–Kier alpha value is -2.20. The number of alkyl halides is 3. The highest BCUT2D eigenvalue weighted by atomic mass is 32.2. The standard InChI is InChI=1S/C13H8F3N3O2S2/c14-13(15,16)8-3-1-4-9(7-8)19-23(20,21)11-6-2-5-10-12(11)18-22-17-10/h1-7,19H. The van der Waals surface area contributed by atoms with Crippen molar-refractivity contribution >= 4 is 38.5 Å². The number of anilines is 1. The van der Waals surface area contributed by atoms with Gasteiger partial charge in [0.25, 0.3) is 10.0 Å². The lowest BCUT2D eigenvalue weighted by Gasteiger charge is -2.11. The van der Waals surface area contributed by atoms with Crippen molar-refractivity contribution in [1.82, 2.24) is 8.75 Å². The molecular weight excluding hydrogens is 351 g/mol. The zero-order valence-electron chi connectivity index (χ0n) is 11.2. The van der Waals surface area contributed by atoms with Crippen molar-refractivity contribution in [3.63, 3.8) is 0 Å². The first-order valence-electron chi connectivity index (χ1n) is 6.19. The van der Waals surface area contributed by atoms with Crippen LogP contribution in [-0.4, -0.2) is 17.2 Å². The van der Waals surface area contributed by atoms with Crippen LogP contribution in [0, 0.1) is 0 Å². The molecule has 1 N–H and O–H groups in total. The second-order valence-electron chi connectivity index (χ2n) is 4.57. The quantitative estimate of drug-likeness (QED) is 0.777. The molecule has 2 aromatic carbocycles. The second kappa shape index (κ2) is 5.46. The van der Waals surface area contributed by atoms with Gasteiger partial charge in [0.1, 0.15) is 15.9 Å². The number of benzene rings is 2. The van der Waals surface area contributed by atoms with Gasteiger partial charge >= 0.3 is 6.18 Å². The summed E-state index contributed by atoms with van der Waals surface area (Å²) in [4.78, 5) is -0.138. The third-order valence-electron chi connectivity index (χ3n) is 2.98. The first kappa shape index (κ1) is 15.7. The van der Waals surface area contributed by atoms with E-state index in [2.05, 4.69) is 13.5 Å². The molecular formula is C13H8F3N3O2S2. The molecule has 0 unspecified atom stereocenters. The van der Waals surface area contributed by atoms with Gasteiger partial charge in [0.05, 0.1) is 17.3 Å². The lowest BCUT2D eigenvalue weighted by Crippen LogP contribution is -2.14. The monoisotopic (exact) mass is 359 g/mol. The molecule has 120 valence electrons. The average molecular weight is 359 g/mol. The van der Waals surface area contributed by atoms with Gasteiger partial charge in [-0.15, -0.1) is 0 Å². The number of sulfonamides is 1. The van der Waals surface area contributed by atoms with E-state index in [1.54, 1.807) is 6.07 Å². The predicted molar refractivity (Wildman–Crippen MR) is 79.7 cm³/mol. The molecule has 10 heteroatoms. The molecule has 0 amide bonds. The maximum atomic E-state index is 12.7. The summed E-state index contributed by atoms with van der Waals surface area (Å²) >= 11 is 0.854. The van der Waals surface area contributed by atoms with Gasteiger partial charge in [0.2, 0.25) is 0 Å². The molecule has 5 nitrogen and oxygen atoms in total. The van der Waals surface area contributed by atoms with Crippen LogP contribution < -0.4 is 4.72 Å². The van der Waals surface area contributed by atoms with Crippen LogP contribution in [0.1, 0.15) is 5.56 Å². The molecule has 3 aromatic rings. The lowest BCUT2D eigenvalue weighted by molar-refractivity contribution is -0.137. The van der Waals surface area contributed by atoms with E-state index in [0.717, 1.165) is 29.9 Å². The lowest BCUT2D eigenvalue weighted by atomic mass is 10.2. The van der Waals surface area contributed by atoms with Crippen molar-refractivity contribution in [2.24, 2.45) is 0 Å². The molecule has 23 heavy (non-hydrogen) atoms. The minimum Gasteiger partial charge on any atom is -0.280 e. The minimum absolute atomic E-state index is 0.138. The zero-order chi connectivity index (χ0) is 16.7. The Morgan fingerprint density at radius 1 is 1.04 bits per heavy atom.